The standard InChI is InChI=1S/C27H27BrN4O/c28-22-12-14-23(15-13-22)32-25-11-5-4-10-24(25)30-26(32)19-31-16-6-9-21(18-31)27(33)29-17-20-7-2-1-3-8-20/h1-5,7-8,10-15,21H,6,9,16-19H2,(H,29,33)/t21-/m1/s1. The van der Waals surface area contributed by atoms with E-state index in [1.54, 1.807) is 0 Å². The van der Waals surface area contributed by atoms with Crippen molar-refractivity contribution in [3.05, 3.63) is 94.7 Å². The fourth-order valence-corrected chi connectivity index (χ4v) is 4.87. The van der Waals surface area contributed by atoms with Crippen LogP contribution in [0, 0.1) is 5.92 Å². The minimum absolute atomic E-state index is 0.00738. The Morgan fingerprint density at radius 3 is 2.58 bits per heavy atom. The minimum atomic E-state index is 0.00738. The second kappa shape index (κ2) is 9.89. The number of rotatable bonds is 6. The van der Waals surface area contributed by atoms with E-state index in [0.717, 1.165) is 58.5 Å². The molecule has 168 valence electrons. The zero-order chi connectivity index (χ0) is 22.6. The lowest BCUT2D eigenvalue weighted by Crippen LogP contribution is -2.42. The minimum Gasteiger partial charge on any atom is -0.352 e. The number of halogens is 1. The number of imidazole rings is 1. The molecule has 33 heavy (non-hydrogen) atoms. The lowest BCUT2D eigenvalue weighted by molar-refractivity contribution is -0.127. The molecular formula is C27H27BrN4O. The number of carbonyl (C=O) groups excluding carboxylic acids is 1. The van der Waals surface area contributed by atoms with E-state index in [1.165, 1.54) is 0 Å². The summed E-state index contributed by atoms with van der Waals surface area (Å²) in [5, 5.41) is 3.13. The van der Waals surface area contributed by atoms with Gasteiger partial charge >= 0.3 is 0 Å². The van der Waals surface area contributed by atoms with Gasteiger partial charge in [0.1, 0.15) is 5.82 Å². The topological polar surface area (TPSA) is 50.2 Å². The van der Waals surface area contributed by atoms with Gasteiger partial charge in [-0.1, -0.05) is 58.4 Å². The Labute approximate surface area is 202 Å². The third kappa shape index (κ3) is 5.02. The summed E-state index contributed by atoms with van der Waals surface area (Å²) in [6.07, 6.45) is 1.95. The van der Waals surface area contributed by atoms with Crippen molar-refractivity contribution in [2.45, 2.75) is 25.9 Å². The van der Waals surface area contributed by atoms with Crippen molar-refractivity contribution in [3.63, 3.8) is 0 Å². The van der Waals surface area contributed by atoms with E-state index >= 15 is 0 Å². The predicted octanol–water partition coefficient (Wildman–Crippen LogP) is 5.32. The largest absolute Gasteiger partial charge is 0.352 e. The molecule has 4 aromatic rings. The number of aromatic nitrogens is 2. The number of amides is 1. The van der Waals surface area contributed by atoms with Crippen molar-refractivity contribution in [1.29, 1.82) is 0 Å². The number of hydrogen-bond donors (Lipinski definition) is 1. The van der Waals surface area contributed by atoms with E-state index < -0.39 is 0 Å². The number of nitrogens with one attached hydrogen (secondary N) is 1. The summed E-state index contributed by atoms with van der Waals surface area (Å²) in [5.41, 5.74) is 4.31. The van der Waals surface area contributed by atoms with Crippen LogP contribution in [0.15, 0.2) is 83.3 Å². The normalized spacial score (nSPS) is 16.7. The van der Waals surface area contributed by atoms with Gasteiger partial charge < -0.3 is 5.32 Å². The van der Waals surface area contributed by atoms with Gasteiger partial charge in [-0.3, -0.25) is 14.3 Å². The molecule has 1 aliphatic rings. The van der Waals surface area contributed by atoms with Gasteiger partial charge in [0.2, 0.25) is 5.91 Å². The highest BCUT2D eigenvalue weighted by Crippen LogP contribution is 2.25. The van der Waals surface area contributed by atoms with Crippen LogP contribution in [-0.4, -0.2) is 33.4 Å². The van der Waals surface area contributed by atoms with E-state index in [1.807, 2.05) is 36.4 Å². The Hall–Kier alpha value is -2.96. The van der Waals surface area contributed by atoms with Crippen LogP contribution >= 0.6 is 15.9 Å². The third-order valence-electron chi connectivity index (χ3n) is 6.27. The van der Waals surface area contributed by atoms with Gasteiger partial charge in [0, 0.05) is 23.2 Å². The summed E-state index contributed by atoms with van der Waals surface area (Å²) in [6.45, 7) is 3.03. The molecule has 6 heteroatoms. The first-order valence-electron chi connectivity index (χ1n) is 11.4. The van der Waals surface area contributed by atoms with Crippen LogP contribution in [0.5, 0.6) is 0 Å². The van der Waals surface area contributed by atoms with E-state index in [-0.39, 0.29) is 11.8 Å². The number of piperidine rings is 1. The molecule has 5 nitrogen and oxygen atoms in total. The van der Waals surface area contributed by atoms with Crippen molar-refractivity contribution in [2.75, 3.05) is 13.1 Å². The van der Waals surface area contributed by atoms with E-state index in [9.17, 15) is 4.79 Å². The predicted molar refractivity (Wildman–Crippen MR) is 135 cm³/mol. The Kier molecular flexibility index (Phi) is 6.55. The molecule has 0 bridgehead atoms. The maximum Gasteiger partial charge on any atom is 0.224 e. The Balaban J connectivity index is 1.32. The molecule has 0 aliphatic carbocycles. The number of hydrogen-bond acceptors (Lipinski definition) is 3. The Bertz CT molecular complexity index is 1240. The molecule has 1 saturated heterocycles. The van der Waals surface area contributed by atoms with Crippen molar-refractivity contribution < 1.29 is 4.79 Å². The van der Waals surface area contributed by atoms with Gasteiger partial charge in [0.25, 0.3) is 0 Å². The van der Waals surface area contributed by atoms with E-state index in [2.05, 4.69) is 73.2 Å². The van der Waals surface area contributed by atoms with Crippen molar-refractivity contribution >= 4 is 32.9 Å². The number of likely N-dealkylation sites (tertiary alicyclic amines) is 1. The molecule has 3 aromatic carbocycles. The van der Waals surface area contributed by atoms with Crippen molar-refractivity contribution in [3.8, 4) is 5.69 Å². The number of para-hydroxylation sites is 2. The monoisotopic (exact) mass is 502 g/mol. The summed E-state index contributed by atoms with van der Waals surface area (Å²) >= 11 is 3.53. The van der Waals surface area contributed by atoms with Gasteiger partial charge in [-0.25, -0.2) is 4.98 Å². The van der Waals surface area contributed by atoms with Crippen LogP contribution < -0.4 is 5.32 Å². The first kappa shape index (κ1) is 21.9. The van der Waals surface area contributed by atoms with E-state index in [4.69, 9.17) is 4.98 Å². The molecule has 0 spiro atoms. The zero-order valence-corrected chi connectivity index (χ0v) is 20.0. The number of carbonyl (C=O) groups is 1. The molecule has 1 aliphatic heterocycles. The first-order chi connectivity index (χ1) is 16.2. The Morgan fingerprint density at radius 2 is 1.76 bits per heavy atom. The van der Waals surface area contributed by atoms with Gasteiger partial charge in [0.05, 0.1) is 23.5 Å². The van der Waals surface area contributed by atoms with E-state index in [0.29, 0.717) is 13.1 Å². The molecule has 0 radical (unpaired) electrons. The van der Waals surface area contributed by atoms with Crippen molar-refractivity contribution in [2.24, 2.45) is 5.92 Å². The summed E-state index contributed by atoms with van der Waals surface area (Å²) < 4.78 is 3.29. The van der Waals surface area contributed by atoms with Crippen LogP contribution in [0.1, 0.15) is 24.2 Å². The van der Waals surface area contributed by atoms with Gasteiger partial charge in [-0.15, -0.1) is 0 Å². The fraction of sp³-hybridized carbons (Fsp3) is 0.259. The highest BCUT2D eigenvalue weighted by atomic mass is 79.9. The maximum absolute atomic E-state index is 12.9. The van der Waals surface area contributed by atoms with Crippen molar-refractivity contribution in [1.82, 2.24) is 19.8 Å². The summed E-state index contributed by atoms with van der Waals surface area (Å²) in [7, 11) is 0. The fourth-order valence-electron chi connectivity index (χ4n) is 4.60. The lowest BCUT2D eigenvalue weighted by atomic mass is 9.97. The molecule has 0 unspecified atom stereocenters. The number of fused-ring (bicyclic) bond motifs is 1. The van der Waals surface area contributed by atoms with Crippen LogP contribution in [0.4, 0.5) is 0 Å². The molecule has 1 fully saturated rings. The van der Waals surface area contributed by atoms with Crippen LogP contribution in [0.3, 0.4) is 0 Å². The highest BCUT2D eigenvalue weighted by Gasteiger charge is 2.27. The Morgan fingerprint density at radius 1 is 1.00 bits per heavy atom. The van der Waals surface area contributed by atoms with Gasteiger partial charge in [0.15, 0.2) is 0 Å². The lowest BCUT2D eigenvalue weighted by Gasteiger charge is -2.31. The van der Waals surface area contributed by atoms with Gasteiger partial charge in [-0.2, -0.15) is 0 Å². The molecule has 2 heterocycles. The maximum atomic E-state index is 12.9. The molecular weight excluding hydrogens is 476 g/mol. The first-order valence-corrected chi connectivity index (χ1v) is 12.2. The van der Waals surface area contributed by atoms with Gasteiger partial charge in [-0.05, 0) is 61.3 Å². The van der Waals surface area contributed by atoms with Crippen LogP contribution in [0.25, 0.3) is 16.7 Å². The smallest absolute Gasteiger partial charge is 0.224 e. The summed E-state index contributed by atoms with van der Waals surface area (Å²) in [4.78, 5) is 20.2. The average molecular weight is 503 g/mol. The molecule has 5 rings (SSSR count). The number of benzene rings is 3. The molecule has 1 aromatic heterocycles. The average Bonchev–Trinajstić information content (AvgIpc) is 3.21. The highest BCUT2D eigenvalue weighted by molar-refractivity contribution is 9.10. The summed E-state index contributed by atoms with van der Waals surface area (Å²) in [6, 6.07) is 26.7. The molecule has 1 atom stereocenters. The number of nitrogens with zero attached hydrogens (tertiary/aromatic N) is 3. The summed E-state index contributed by atoms with van der Waals surface area (Å²) in [5.74, 6) is 1.15. The van der Waals surface area contributed by atoms with Crippen LogP contribution in [-0.2, 0) is 17.9 Å². The molecule has 0 saturated carbocycles. The molecule has 1 amide bonds. The third-order valence-corrected chi connectivity index (χ3v) is 6.79. The molecule has 1 N–H and O–H groups in total. The zero-order valence-electron chi connectivity index (χ0n) is 18.5. The quantitative estimate of drug-likeness (QED) is 0.388. The van der Waals surface area contributed by atoms with Crippen LogP contribution in [0.2, 0.25) is 0 Å². The second-order valence-electron chi connectivity index (χ2n) is 8.61. The SMILES string of the molecule is O=C(NCc1ccccc1)[C@@H]1CCCN(Cc2nc3ccccc3n2-c2ccc(Br)cc2)C1. The second-order valence-corrected chi connectivity index (χ2v) is 9.52.